The third kappa shape index (κ3) is 3.41. The predicted molar refractivity (Wildman–Crippen MR) is 136 cm³/mol. The van der Waals surface area contributed by atoms with Crippen LogP contribution >= 0.6 is 0 Å². The van der Waals surface area contributed by atoms with E-state index >= 15 is 0 Å². The Morgan fingerprint density at radius 3 is 2.70 bits per heavy atom. The normalized spacial score (nSPS) is 13.1. The molecule has 2 aliphatic rings. The number of nitrogens with zero attached hydrogens (tertiary/aromatic N) is 3. The van der Waals surface area contributed by atoms with Gasteiger partial charge in [-0.2, -0.15) is 5.26 Å². The van der Waals surface area contributed by atoms with Crippen LogP contribution in [0.4, 0.5) is 10.1 Å². The van der Waals surface area contributed by atoms with Crippen LogP contribution in [0.1, 0.15) is 48.5 Å². The molecule has 1 aromatic heterocycles. The highest BCUT2D eigenvalue weighted by Gasteiger charge is 2.32. The molecule has 7 heteroatoms. The monoisotopic (exact) mass is 489 g/mol. The van der Waals surface area contributed by atoms with Crippen molar-refractivity contribution >= 4 is 17.6 Å². The number of halogens is 1. The number of hydrogen-bond acceptors (Lipinski definition) is 5. The van der Waals surface area contributed by atoms with E-state index in [-0.39, 0.29) is 5.91 Å². The molecule has 0 unspecified atom stereocenters. The number of aromatic nitrogens is 1. The minimum Gasteiger partial charge on any atom is -0.465 e. The summed E-state index contributed by atoms with van der Waals surface area (Å²) in [5, 5.41) is 9.76. The van der Waals surface area contributed by atoms with Gasteiger partial charge in [-0.1, -0.05) is 24.3 Å². The first-order valence-electron chi connectivity index (χ1n) is 11.7. The van der Waals surface area contributed by atoms with Crippen LogP contribution in [0.5, 0.6) is 0 Å². The molecule has 1 aliphatic carbocycles. The zero-order chi connectivity index (χ0) is 25.8. The van der Waals surface area contributed by atoms with E-state index in [9.17, 15) is 19.2 Å². The van der Waals surface area contributed by atoms with Crippen LogP contribution in [-0.4, -0.2) is 24.0 Å². The maximum Gasteiger partial charge on any atom is 0.337 e. The van der Waals surface area contributed by atoms with Gasteiger partial charge in [0, 0.05) is 35.0 Å². The summed E-state index contributed by atoms with van der Waals surface area (Å²) < 4.78 is 18.7. The van der Waals surface area contributed by atoms with Crippen molar-refractivity contribution in [1.82, 2.24) is 4.98 Å². The zero-order valence-electron chi connectivity index (χ0n) is 20.1. The number of ether oxygens (including phenoxy) is 1. The van der Waals surface area contributed by atoms with Crippen molar-refractivity contribution in [1.29, 1.82) is 5.26 Å². The van der Waals surface area contributed by atoms with Gasteiger partial charge in [-0.25, -0.2) is 9.18 Å². The summed E-state index contributed by atoms with van der Waals surface area (Å²) in [5.74, 6) is -1.10. The van der Waals surface area contributed by atoms with Crippen LogP contribution in [0.15, 0.2) is 60.8 Å². The van der Waals surface area contributed by atoms with Gasteiger partial charge in [-0.3, -0.25) is 9.78 Å². The number of nitriles is 1. The smallest absolute Gasteiger partial charge is 0.337 e. The van der Waals surface area contributed by atoms with Gasteiger partial charge < -0.3 is 9.64 Å². The first-order valence-corrected chi connectivity index (χ1v) is 11.7. The van der Waals surface area contributed by atoms with E-state index in [1.807, 2.05) is 31.2 Å². The summed E-state index contributed by atoms with van der Waals surface area (Å²) in [6, 6.07) is 17.6. The van der Waals surface area contributed by atoms with Crippen LogP contribution in [0.3, 0.4) is 0 Å². The average molecular weight is 490 g/mol. The molecule has 0 atom stereocenters. The number of hydrogen-bond donors (Lipinski definition) is 0. The molecule has 2 heterocycles. The van der Waals surface area contributed by atoms with Crippen LogP contribution < -0.4 is 4.90 Å². The van der Waals surface area contributed by atoms with Crippen LogP contribution in [0.2, 0.25) is 0 Å². The lowest BCUT2D eigenvalue weighted by Gasteiger charge is -2.21. The number of rotatable bonds is 3. The Labute approximate surface area is 212 Å². The van der Waals surface area contributed by atoms with Crippen molar-refractivity contribution in [3.63, 3.8) is 0 Å². The van der Waals surface area contributed by atoms with Gasteiger partial charge in [0.15, 0.2) is 0 Å². The van der Waals surface area contributed by atoms with E-state index < -0.39 is 11.8 Å². The Bertz CT molecular complexity index is 1700. The van der Waals surface area contributed by atoms with Crippen molar-refractivity contribution < 1.29 is 18.7 Å². The Kier molecular flexibility index (Phi) is 5.13. The fraction of sp³-hybridized carbons (Fsp3) is 0.133. The molecule has 0 spiro atoms. The number of methoxy groups -OCH3 is 1. The number of benzene rings is 3. The first kappa shape index (κ1) is 22.6. The number of esters is 1. The number of amides is 1. The molecule has 1 amide bonds. The quantitative estimate of drug-likeness (QED) is 0.309. The van der Waals surface area contributed by atoms with Crippen LogP contribution in [0, 0.1) is 24.1 Å². The van der Waals surface area contributed by atoms with Crippen molar-refractivity contribution in [2.45, 2.75) is 19.9 Å². The van der Waals surface area contributed by atoms with Gasteiger partial charge in [0.25, 0.3) is 5.91 Å². The van der Waals surface area contributed by atoms with Gasteiger partial charge in [-0.15, -0.1) is 0 Å². The molecular formula is C30H20FN3O3. The van der Waals surface area contributed by atoms with Crippen molar-refractivity contribution in [3.05, 3.63) is 106 Å². The third-order valence-corrected chi connectivity index (χ3v) is 7.20. The fourth-order valence-corrected chi connectivity index (χ4v) is 5.38. The first-order chi connectivity index (χ1) is 17.9. The lowest BCUT2D eigenvalue weighted by Crippen LogP contribution is -2.24. The van der Waals surface area contributed by atoms with Crippen LogP contribution in [0.25, 0.3) is 22.4 Å². The Hall–Kier alpha value is -4.83. The minimum atomic E-state index is -0.439. The van der Waals surface area contributed by atoms with Gasteiger partial charge in [0.05, 0.1) is 30.5 Å². The van der Waals surface area contributed by atoms with E-state index in [2.05, 4.69) is 6.07 Å². The second-order valence-electron chi connectivity index (χ2n) is 9.17. The number of fused-ring (bicyclic) bond motifs is 4. The molecule has 180 valence electrons. The number of carbonyl (C=O) groups excluding carboxylic acids is 2. The number of pyridine rings is 1. The van der Waals surface area contributed by atoms with E-state index in [1.54, 1.807) is 29.3 Å². The number of anilines is 1. The SMILES string of the molecule is COC(=O)c1ccc2c(c1)Cc1c(C#N)cnc(-c3cccc(N4Cc5ccc(F)cc5C4=O)c3C)c1-2. The molecule has 0 N–H and O–H groups in total. The summed E-state index contributed by atoms with van der Waals surface area (Å²) >= 11 is 0. The predicted octanol–water partition coefficient (Wildman–Crippen LogP) is 5.59. The summed E-state index contributed by atoms with van der Waals surface area (Å²) in [5.41, 5.74) is 8.73. The van der Waals surface area contributed by atoms with Gasteiger partial charge in [0.1, 0.15) is 11.9 Å². The second kappa shape index (κ2) is 8.38. The summed E-state index contributed by atoms with van der Waals surface area (Å²) in [6.45, 7) is 2.29. The molecule has 3 aromatic carbocycles. The topological polar surface area (TPSA) is 83.3 Å². The highest BCUT2D eigenvalue weighted by molar-refractivity contribution is 6.10. The van der Waals surface area contributed by atoms with Gasteiger partial charge in [-0.05, 0) is 65.1 Å². The van der Waals surface area contributed by atoms with Gasteiger partial charge >= 0.3 is 5.97 Å². The van der Waals surface area contributed by atoms with E-state index in [0.717, 1.165) is 44.6 Å². The molecule has 6 nitrogen and oxygen atoms in total. The molecule has 0 fully saturated rings. The standard InChI is InChI=1S/C30H20FN3O3/c1-16-22(4-3-5-26(16)34-15-18-6-8-21(31)12-25(18)29(34)35)28-27-23-9-7-17(30(36)37-2)10-19(23)11-24(27)20(13-32)14-33-28/h3-10,12,14H,11,15H2,1-2H3. The molecule has 0 saturated heterocycles. The molecule has 1 aliphatic heterocycles. The average Bonchev–Trinajstić information content (AvgIpc) is 3.45. The molecule has 37 heavy (non-hydrogen) atoms. The Balaban J connectivity index is 1.49. The third-order valence-electron chi connectivity index (χ3n) is 7.20. The Morgan fingerprint density at radius 2 is 1.92 bits per heavy atom. The summed E-state index contributed by atoms with van der Waals surface area (Å²) in [4.78, 5) is 31.6. The maximum absolute atomic E-state index is 13.8. The largest absolute Gasteiger partial charge is 0.465 e. The van der Waals surface area contributed by atoms with Gasteiger partial charge in [0.2, 0.25) is 0 Å². The Morgan fingerprint density at radius 1 is 1.08 bits per heavy atom. The molecular weight excluding hydrogens is 469 g/mol. The summed E-state index contributed by atoms with van der Waals surface area (Å²) in [7, 11) is 1.34. The highest BCUT2D eigenvalue weighted by Crippen LogP contribution is 2.45. The maximum atomic E-state index is 13.8. The lowest BCUT2D eigenvalue weighted by molar-refractivity contribution is 0.0600. The molecule has 4 aromatic rings. The zero-order valence-corrected chi connectivity index (χ0v) is 20.1. The minimum absolute atomic E-state index is 0.242. The molecule has 6 rings (SSSR count). The lowest BCUT2D eigenvalue weighted by atomic mass is 9.94. The summed E-state index contributed by atoms with van der Waals surface area (Å²) in [6.07, 6.45) is 2.07. The van der Waals surface area contributed by atoms with E-state index in [4.69, 9.17) is 9.72 Å². The van der Waals surface area contributed by atoms with Crippen molar-refractivity contribution in [2.75, 3.05) is 12.0 Å². The van der Waals surface area contributed by atoms with Crippen LogP contribution in [-0.2, 0) is 17.7 Å². The second-order valence-corrected chi connectivity index (χ2v) is 9.17. The fourth-order valence-electron chi connectivity index (χ4n) is 5.38. The highest BCUT2D eigenvalue weighted by atomic mass is 19.1. The molecule has 0 radical (unpaired) electrons. The van der Waals surface area contributed by atoms with Crippen molar-refractivity contribution in [2.24, 2.45) is 0 Å². The van der Waals surface area contributed by atoms with Crippen molar-refractivity contribution in [3.8, 4) is 28.5 Å². The van der Waals surface area contributed by atoms with E-state index in [0.29, 0.717) is 35.3 Å². The van der Waals surface area contributed by atoms with E-state index in [1.165, 1.54) is 19.2 Å². The number of carbonyl (C=O) groups is 2. The molecule has 0 bridgehead atoms. The molecule has 0 saturated carbocycles.